The van der Waals surface area contributed by atoms with Crippen molar-refractivity contribution in [3.8, 4) is 0 Å². The lowest BCUT2D eigenvalue weighted by atomic mass is 9.57. The summed E-state index contributed by atoms with van der Waals surface area (Å²) in [5.41, 5.74) is 6.53. The van der Waals surface area contributed by atoms with E-state index >= 15 is 0 Å². The van der Waals surface area contributed by atoms with E-state index in [2.05, 4.69) is 28.1 Å². The lowest BCUT2D eigenvalue weighted by Crippen LogP contribution is -2.56. The van der Waals surface area contributed by atoms with Crippen molar-refractivity contribution in [3.05, 3.63) is 34.3 Å². The van der Waals surface area contributed by atoms with Crippen LogP contribution in [-0.4, -0.2) is 17.3 Å². The van der Waals surface area contributed by atoms with Crippen LogP contribution in [0, 0.1) is 0 Å². The molecule has 0 spiro atoms. The van der Waals surface area contributed by atoms with E-state index in [-0.39, 0.29) is 5.41 Å². The van der Waals surface area contributed by atoms with E-state index in [1.807, 2.05) is 19.1 Å². The van der Waals surface area contributed by atoms with Crippen LogP contribution < -0.4 is 5.73 Å². The van der Waals surface area contributed by atoms with E-state index < -0.39 is 5.60 Å². The first kappa shape index (κ1) is 11.1. The molecule has 0 atom stereocenters. The number of hydrogen-bond donors (Lipinski definition) is 2. The zero-order chi connectivity index (χ0) is 11.1. The Hall–Kier alpha value is -0.380. The SMILES string of the molecule is CC1(O)CC(CN)(c2ccc(Br)cc2)C1. The summed E-state index contributed by atoms with van der Waals surface area (Å²) in [4.78, 5) is 0. The molecular formula is C12H16BrNO. The second-order valence-corrected chi connectivity index (χ2v) is 5.76. The van der Waals surface area contributed by atoms with E-state index in [0.29, 0.717) is 6.54 Å². The van der Waals surface area contributed by atoms with E-state index in [1.165, 1.54) is 5.56 Å². The first-order valence-corrected chi connectivity index (χ1v) is 5.95. The van der Waals surface area contributed by atoms with Crippen LogP contribution in [0.3, 0.4) is 0 Å². The lowest BCUT2D eigenvalue weighted by molar-refractivity contribution is -0.0726. The molecule has 2 rings (SSSR count). The summed E-state index contributed by atoms with van der Waals surface area (Å²) >= 11 is 3.42. The molecule has 1 aromatic carbocycles. The molecule has 1 saturated carbocycles. The van der Waals surface area contributed by atoms with Crippen molar-refractivity contribution < 1.29 is 5.11 Å². The Bertz CT molecular complexity index is 350. The van der Waals surface area contributed by atoms with Crippen LogP contribution in [0.2, 0.25) is 0 Å². The van der Waals surface area contributed by atoms with Gasteiger partial charge in [-0.05, 0) is 37.5 Å². The molecule has 3 N–H and O–H groups in total. The highest BCUT2D eigenvalue weighted by atomic mass is 79.9. The Morgan fingerprint density at radius 2 is 1.87 bits per heavy atom. The molecule has 3 heteroatoms. The van der Waals surface area contributed by atoms with Crippen LogP contribution in [0.1, 0.15) is 25.3 Å². The summed E-state index contributed by atoms with van der Waals surface area (Å²) < 4.78 is 1.07. The van der Waals surface area contributed by atoms with Crippen molar-refractivity contribution >= 4 is 15.9 Å². The van der Waals surface area contributed by atoms with Gasteiger partial charge in [0, 0.05) is 16.4 Å². The quantitative estimate of drug-likeness (QED) is 0.865. The Labute approximate surface area is 98.6 Å². The van der Waals surface area contributed by atoms with E-state index in [0.717, 1.165) is 17.3 Å². The molecule has 1 fully saturated rings. The second-order valence-electron chi connectivity index (χ2n) is 4.84. The fraction of sp³-hybridized carbons (Fsp3) is 0.500. The highest BCUT2D eigenvalue weighted by molar-refractivity contribution is 9.10. The van der Waals surface area contributed by atoms with Crippen LogP contribution in [-0.2, 0) is 5.41 Å². The maximum Gasteiger partial charge on any atom is 0.0637 e. The van der Waals surface area contributed by atoms with E-state index in [9.17, 15) is 5.11 Å². The first-order chi connectivity index (χ1) is 6.97. The highest BCUT2D eigenvalue weighted by Crippen LogP contribution is 2.49. The minimum absolute atomic E-state index is 0.00972. The Balaban J connectivity index is 2.25. The molecule has 0 amide bonds. The molecule has 0 aliphatic heterocycles. The number of aliphatic hydroxyl groups is 1. The van der Waals surface area contributed by atoms with Gasteiger partial charge in [0.15, 0.2) is 0 Å². The Kier molecular flexibility index (Phi) is 2.65. The van der Waals surface area contributed by atoms with E-state index in [1.54, 1.807) is 0 Å². The van der Waals surface area contributed by atoms with Gasteiger partial charge in [-0.15, -0.1) is 0 Å². The van der Waals surface area contributed by atoms with Crippen LogP contribution in [0.25, 0.3) is 0 Å². The van der Waals surface area contributed by atoms with Gasteiger partial charge in [-0.25, -0.2) is 0 Å². The molecule has 0 bridgehead atoms. The third-order valence-electron chi connectivity index (χ3n) is 3.29. The number of halogens is 1. The molecule has 1 aliphatic carbocycles. The zero-order valence-electron chi connectivity index (χ0n) is 8.83. The van der Waals surface area contributed by atoms with Crippen molar-refractivity contribution in [2.75, 3.05) is 6.54 Å². The molecule has 15 heavy (non-hydrogen) atoms. The normalized spacial score (nSPS) is 34.9. The molecule has 0 aromatic heterocycles. The van der Waals surface area contributed by atoms with Gasteiger partial charge in [-0.2, -0.15) is 0 Å². The van der Waals surface area contributed by atoms with Crippen molar-refractivity contribution in [2.45, 2.75) is 30.8 Å². The van der Waals surface area contributed by atoms with Crippen LogP contribution in [0.4, 0.5) is 0 Å². The molecule has 1 aliphatic rings. The molecule has 0 unspecified atom stereocenters. The first-order valence-electron chi connectivity index (χ1n) is 5.16. The summed E-state index contributed by atoms with van der Waals surface area (Å²) in [6.45, 7) is 2.48. The van der Waals surface area contributed by atoms with Crippen LogP contribution >= 0.6 is 15.9 Å². The maximum absolute atomic E-state index is 9.83. The number of nitrogens with two attached hydrogens (primary N) is 1. The summed E-state index contributed by atoms with van der Waals surface area (Å²) in [7, 11) is 0. The van der Waals surface area contributed by atoms with Crippen molar-refractivity contribution in [1.82, 2.24) is 0 Å². The fourth-order valence-corrected chi connectivity index (χ4v) is 2.94. The third-order valence-corrected chi connectivity index (χ3v) is 3.81. The number of rotatable bonds is 2. The molecule has 1 aromatic rings. The van der Waals surface area contributed by atoms with E-state index in [4.69, 9.17) is 5.73 Å². The predicted molar refractivity (Wildman–Crippen MR) is 64.7 cm³/mol. The fourth-order valence-electron chi connectivity index (χ4n) is 2.68. The minimum Gasteiger partial charge on any atom is -0.390 e. The van der Waals surface area contributed by atoms with Crippen LogP contribution in [0.5, 0.6) is 0 Å². The van der Waals surface area contributed by atoms with Crippen molar-refractivity contribution in [2.24, 2.45) is 5.73 Å². The standard InChI is InChI=1S/C12H16BrNO/c1-11(15)6-12(7-11,8-14)9-2-4-10(13)5-3-9/h2-5,15H,6-8,14H2,1H3. The second kappa shape index (κ2) is 3.58. The largest absolute Gasteiger partial charge is 0.390 e. The maximum atomic E-state index is 9.83. The number of benzene rings is 1. The highest BCUT2D eigenvalue weighted by Gasteiger charge is 2.50. The average Bonchev–Trinajstić information content (AvgIpc) is 2.14. The van der Waals surface area contributed by atoms with Gasteiger partial charge < -0.3 is 10.8 Å². The van der Waals surface area contributed by atoms with Crippen LogP contribution in [0.15, 0.2) is 28.7 Å². The summed E-state index contributed by atoms with van der Waals surface area (Å²) in [5, 5.41) is 9.83. The van der Waals surface area contributed by atoms with Gasteiger partial charge in [0.1, 0.15) is 0 Å². The summed E-state index contributed by atoms with van der Waals surface area (Å²) in [6, 6.07) is 8.23. The molecule has 0 heterocycles. The summed E-state index contributed by atoms with van der Waals surface area (Å²) in [5.74, 6) is 0. The van der Waals surface area contributed by atoms with Gasteiger partial charge in [0.25, 0.3) is 0 Å². The average molecular weight is 270 g/mol. The molecule has 0 saturated heterocycles. The minimum atomic E-state index is -0.535. The molecule has 0 radical (unpaired) electrons. The predicted octanol–water partition coefficient (Wildman–Crippen LogP) is 2.19. The smallest absolute Gasteiger partial charge is 0.0637 e. The van der Waals surface area contributed by atoms with Gasteiger partial charge in [0.2, 0.25) is 0 Å². The zero-order valence-corrected chi connectivity index (χ0v) is 10.4. The van der Waals surface area contributed by atoms with Crippen molar-refractivity contribution in [3.63, 3.8) is 0 Å². The Morgan fingerprint density at radius 3 is 2.27 bits per heavy atom. The van der Waals surface area contributed by atoms with Crippen molar-refractivity contribution in [1.29, 1.82) is 0 Å². The molecular weight excluding hydrogens is 254 g/mol. The molecule has 2 nitrogen and oxygen atoms in total. The topological polar surface area (TPSA) is 46.2 Å². The van der Waals surface area contributed by atoms with Gasteiger partial charge >= 0.3 is 0 Å². The lowest BCUT2D eigenvalue weighted by Gasteiger charge is -2.52. The summed E-state index contributed by atoms with van der Waals surface area (Å²) in [6.07, 6.45) is 1.52. The molecule has 82 valence electrons. The van der Waals surface area contributed by atoms with Gasteiger partial charge in [-0.1, -0.05) is 28.1 Å². The van der Waals surface area contributed by atoms with Gasteiger partial charge in [-0.3, -0.25) is 0 Å². The third kappa shape index (κ3) is 1.96. The monoisotopic (exact) mass is 269 g/mol. The Morgan fingerprint density at radius 1 is 1.33 bits per heavy atom. The van der Waals surface area contributed by atoms with Gasteiger partial charge in [0.05, 0.1) is 5.60 Å². The number of hydrogen-bond acceptors (Lipinski definition) is 2.